The molecule has 0 amide bonds. The molecule has 114 valence electrons. The number of hydrogen-bond donors (Lipinski definition) is 0. The molecule has 0 aromatic carbocycles. The zero-order valence-corrected chi connectivity index (χ0v) is 14.1. The molecule has 0 atom stereocenters. The first-order chi connectivity index (χ1) is 9.00. The van der Waals surface area contributed by atoms with Gasteiger partial charge in [-0.15, -0.1) is 0 Å². The monoisotopic (exact) mass is 371 g/mol. The van der Waals surface area contributed by atoms with E-state index in [9.17, 15) is 18.0 Å². The van der Waals surface area contributed by atoms with Crippen molar-refractivity contribution in [1.82, 2.24) is 4.57 Å². The number of halogens is 4. The summed E-state index contributed by atoms with van der Waals surface area (Å²) in [5, 5.41) is 0. The van der Waals surface area contributed by atoms with Gasteiger partial charge in [0, 0.05) is 20.9 Å². The number of rotatable bonds is 5. The van der Waals surface area contributed by atoms with Gasteiger partial charge in [0.2, 0.25) is 0 Å². The molecule has 0 fully saturated rings. The molecule has 8 heteroatoms. The van der Waals surface area contributed by atoms with Crippen LogP contribution in [0.5, 0.6) is 0 Å². The van der Waals surface area contributed by atoms with Crippen molar-refractivity contribution in [3.63, 3.8) is 0 Å². The molecule has 0 bridgehead atoms. The van der Waals surface area contributed by atoms with E-state index in [2.05, 4.69) is 35.6 Å². The van der Waals surface area contributed by atoms with E-state index < -0.39 is 25.4 Å². The van der Waals surface area contributed by atoms with Crippen LogP contribution in [0.4, 0.5) is 13.2 Å². The van der Waals surface area contributed by atoms with Gasteiger partial charge in [0.25, 0.3) is 5.56 Å². The summed E-state index contributed by atoms with van der Waals surface area (Å²) >= 11 is 2.85. The van der Waals surface area contributed by atoms with Crippen LogP contribution in [0.3, 0.4) is 0 Å². The number of alkyl halides is 3. The fourth-order valence-electron chi connectivity index (χ4n) is 1.39. The molecular weight excluding hydrogens is 355 g/mol. The van der Waals surface area contributed by atoms with Gasteiger partial charge in [-0.05, 0) is 28.0 Å². The minimum atomic E-state index is -4.49. The number of pyridine rings is 1. The maximum Gasteiger partial charge on any atom is 0.417 e. The molecule has 1 aromatic heterocycles. The molecule has 0 saturated heterocycles. The molecule has 1 heterocycles. The minimum Gasteiger partial charge on any atom is -0.361 e. The lowest BCUT2D eigenvalue weighted by atomic mass is 10.3. The molecule has 0 aliphatic heterocycles. The van der Waals surface area contributed by atoms with Crippen molar-refractivity contribution in [2.24, 2.45) is 0 Å². The highest BCUT2D eigenvalue weighted by molar-refractivity contribution is 9.10. The van der Waals surface area contributed by atoms with E-state index in [1.807, 2.05) is 0 Å². The van der Waals surface area contributed by atoms with E-state index in [0.29, 0.717) is 6.61 Å². The Morgan fingerprint density at radius 1 is 1.35 bits per heavy atom. The number of nitrogens with zero attached hydrogens (tertiary/aromatic N) is 1. The maximum atomic E-state index is 12.7. The Bertz CT molecular complexity index is 523. The first kappa shape index (κ1) is 17.4. The first-order valence-electron chi connectivity index (χ1n) is 6.06. The summed E-state index contributed by atoms with van der Waals surface area (Å²) in [6, 6.07) is 1.67. The molecule has 0 N–H and O–H groups in total. The fourth-order valence-corrected chi connectivity index (χ4v) is 2.62. The number of aromatic nitrogens is 1. The highest BCUT2D eigenvalue weighted by Gasteiger charge is 2.32. The zero-order chi connectivity index (χ0) is 15.6. The highest BCUT2D eigenvalue weighted by Crippen LogP contribution is 2.29. The summed E-state index contributed by atoms with van der Waals surface area (Å²) in [4.78, 5) is 11.7. The molecule has 0 unspecified atom stereocenters. The SMILES string of the molecule is C[Si](C)(C)CCOCn1cc(C(F)(F)F)cc(Br)c1=O. The lowest BCUT2D eigenvalue weighted by Crippen LogP contribution is -2.26. The number of hydrogen-bond acceptors (Lipinski definition) is 2. The Labute approximate surface area is 124 Å². The van der Waals surface area contributed by atoms with E-state index in [-0.39, 0.29) is 11.2 Å². The van der Waals surface area contributed by atoms with Gasteiger partial charge >= 0.3 is 6.18 Å². The lowest BCUT2D eigenvalue weighted by Gasteiger charge is -2.16. The van der Waals surface area contributed by atoms with Gasteiger partial charge in [-0.3, -0.25) is 9.36 Å². The molecular formula is C12H17BrF3NO2Si. The van der Waals surface area contributed by atoms with Gasteiger partial charge in [-0.2, -0.15) is 13.2 Å². The smallest absolute Gasteiger partial charge is 0.361 e. The van der Waals surface area contributed by atoms with Gasteiger partial charge in [-0.1, -0.05) is 19.6 Å². The van der Waals surface area contributed by atoms with Crippen LogP contribution in [0.15, 0.2) is 21.5 Å². The third-order valence-corrected chi connectivity index (χ3v) is 4.87. The molecule has 20 heavy (non-hydrogen) atoms. The second kappa shape index (κ2) is 6.44. The van der Waals surface area contributed by atoms with E-state index in [4.69, 9.17) is 4.74 Å². The maximum absolute atomic E-state index is 12.7. The van der Waals surface area contributed by atoms with Crippen molar-refractivity contribution in [2.75, 3.05) is 6.61 Å². The summed E-state index contributed by atoms with van der Waals surface area (Å²) in [6.07, 6.45) is -3.71. The van der Waals surface area contributed by atoms with Crippen LogP contribution in [0.1, 0.15) is 5.56 Å². The summed E-state index contributed by atoms with van der Waals surface area (Å²) in [5.74, 6) is 0. The summed E-state index contributed by atoms with van der Waals surface area (Å²) in [5.41, 5.74) is -1.41. The van der Waals surface area contributed by atoms with Crippen LogP contribution in [0.2, 0.25) is 25.7 Å². The topological polar surface area (TPSA) is 31.2 Å². The molecule has 1 aromatic rings. The van der Waals surface area contributed by atoms with Crippen LogP contribution < -0.4 is 5.56 Å². The lowest BCUT2D eigenvalue weighted by molar-refractivity contribution is -0.138. The van der Waals surface area contributed by atoms with Crippen molar-refractivity contribution >= 4 is 24.0 Å². The average molecular weight is 372 g/mol. The number of ether oxygens (including phenoxy) is 1. The standard InChI is InChI=1S/C12H17BrF3NO2Si/c1-20(2,3)5-4-19-8-17-7-9(12(14,15)16)6-10(13)11(17)18/h6-7H,4-5,8H2,1-3H3. The van der Waals surface area contributed by atoms with Gasteiger partial charge in [-0.25, -0.2) is 0 Å². The third kappa shape index (κ3) is 5.41. The predicted molar refractivity (Wildman–Crippen MR) is 77.5 cm³/mol. The Morgan fingerprint density at radius 3 is 2.45 bits per heavy atom. The normalized spacial score (nSPS) is 12.8. The summed E-state index contributed by atoms with van der Waals surface area (Å²) in [6.45, 7) is 6.78. The minimum absolute atomic E-state index is 0.124. The highest BCUT2D eigenvalue weighted by atomic mass is 79.9. The van der Waals surface area contributed by atoms with Crippen LogP contribution in [-0.2, 0) is 17.6 Å². The zero-order valence-electron chi connectivity index (χ0n) is 11.6. The third-order valence-electron chi connectivity index (χ3n) is 2.60. The van der Waals surface area contributed by atoms with Crippen LogP contribution >= 0.6 is 15.9 Å². The molecule has 0 spiro atoms. The molecule has 0 radical (unpaired) electrons. The van der Waals surface area contributed by atoms with E-state index in [1.54, 1.807) is 0 Å². The quantitative estimate of drug-likeness (QED) is 0.579. The van der Waals surface area contributed by atoms with Gasteiger partial charge in [0.15, 0.2) is 0 Å². The molecule has 3 nitrogen and oxygen atoms in total. The van der Waals surface area contributed by atoms with E-state index >= 15 is 0 Å². The summed E-state index contributed by atoms with van der Waals surface area (Å²) < 4.78 is 44.1. The summed E-state index contributed by atoms with van der Waals surface area (Å²) in [7, 11) is -1.26. The Kier molecular flexibility index (Phi) is 5.62. The van der Waals surface area contributed by atoms with Gasteiger partial charge in [0.05, 0.1) is 10.0 Å². The Hall–Kier alpha value is -0.603. The molecule has 0 saturated carbocycles. The van der Waals surface area contributed by atoms with Crippen LogP contribution in [-0.4, -0.2) is 19.2 Å². The van der Waals surface area contributed by atoms with Gasteiger partial charge < -0.3 is 4.74 Å². The van der Waals surface area contributed by atoms with Crippen molar-refractivity contribution in [3.8, 4) is 0 Å². The Morgan fingerprint density at radius 2 is 1.95 bits per heavy atom. The van der Waals surface area contributed by atoms with Crippen molar-refractivity contribution in [2.45, 2.75) is 38.6 Å². The van der Waals surface area contributed by atoms with Gasteiger partial charge in [0.1, 0.15) is 6.73 Å². The van der Waals surface area contributed by atoms with Crippen molar-refractivity contribution < 1.29 is 17.9 Å². The average Bonchev–Trinajstić information content (AvgIpc) is 2.26. The Balaban J connectivity index is 2.80. The molecule has 1 rings (SSSR count). The second-order valence-corrected chi connectivity index (χ2v) is 12.2. The second-order valence-electron chi connectivity index (χ2n) is 5.70. The first-order valence-corrected chi connectivity index (χ1v) is 10.6. The fraction of sp³-hybridized carbons (Fsp3) is 0.583. The molecule has 0 aliphatic carbocycles. The van der Waals surface area contributed by atoms with Crippen molar-refractivity contribution in [3.05, 3.63) is 32.7 Å². The molecule has 0 aliphatic rings. The van der Waals surface area contributed by atoms with Crippen LogP contribution in [0.25, 0.3) is 0 Å². The largest absolute Gasteiger partial charge is 0.417 e. The van der Waals surface area contributed by atoms with Crippen LogP contribution in [0, 0.1) is 0 Å². The van der Waals surface area contributed by atoms with E-state index in [1.165, 1.54) is 0 Å². The van der Waals surface area contributed by atoms with Crippen molar-refractivity contribution in [1.29, 1.82) is 0 Å². The predicted octanol–water partition coefficient (Wildman–Crippen LogP) is 3.94. The van der Waals surface area contributed by atoms with E-state index in [0.717, 1.165) is 22.9 Å².